The SMILES string of the molecule is CSC[C@H](C)N(C(=O)c1c(Cl)cccc1C(N)=O)c1ccc(Cn2c(C)nnc2C(F)(F)F)cc1C. The first kappa shape index (κ1) is 27.5. The molecular formula is C24H25ClF3N5O2S. The van der Waals surface area contributed by atoms with Gasteiger partial charge < -0.3 is 15.2 Å². The molecule has 1 heterocycles. The molecule has 3 aromatic rings. The van der Waals surface area contributed by atoms with Crippen LogP contribution in [0.1, 0.15) is 50.4 Å². The molecule has 0 fully saturated rings. The van der Waals surface area contributed by atoms with Gasteiger partial charge in [-0.15, -0.1) is 10.2 Å². The fourth-order valence-corrected chi connectivity index (χ4v) is 4.87. The van der Waals surface area contributed by atoms with Crippen molar-refractivity contribution >= 4 is 40.9 Å². The van der Waals surface area contributed by atoms with Crippen molar-refractivity contribution in [2.75, 3.05) is 16.9 Å². The molecule has 2 N–H and O–H groups in total. The smallest absolute Gasteiger partial charge is 0.366 e. The predicted molar refractivity (Wildman–Crippen MR) is 135 cm³/mol. The Morgan fingerprint density at radius 1 is 1.19 bits per heavy atom. The van der Waals surface area contributed by atoms with Gasteiger partial charge in [-0.05, 0) is 56.4 Å². The summed E-state index contributed by atoms with van der Waals surface area (Å²) in [6.45, 7) is 4.97. The minimum absolute atomic E-state index is 0.00182. The highest BCUT2D eigenvalue weighted by Crippen LogP contribution is 2.32. The Kier molecular flexibility index (Phi) is 8.35. The second kappa shape index (κ2) is 10.9. The van der Waals surface area contributed by atoms with E-state index in [9.17, 15) is 22.8 Å². The molecule has 0 spiro atoms. The van der Waals surface area contributed by atoms with E-state index in [1.165, 1.54) is 41.8 Å². The Morgan fingerprint density at radius 3 is 2.47 bits per heavy atom. The van der Waals surface area contributed by atoms with Gasteiger partial charge in [-0.25, -0.2) is 0 Å². The zero-order valence-electron chi connectivity index (χ0n) is 20.1. The third-order valence-corrected chi connectivity index (χ3v) is 6.74. The summed E-state index contributed by atoms with van der Waals surface area (Å²) in [5, 5.41) is 6.92. The molecule has 0 bridgehead atoms. The van der Waals surface area contributed by atoms with Crippen molar-refractivity contribution in [3.05, 3.63) is 75.3 Å². The van der Waals surface area contributed by atoms with Crippen LogP contribution in [0.2, 0.25) is 5.02 Å². The van der Waals surface area contributed by atoms with E-state index in [0.29, 0.717) is 22.6 Å². The fourth-order valence-electron chi connectivity index (χ4n) is 3.98. The lowest BCUT2D eigenvalue weighted by Crippen LogP contribution is -2.41. The topological polar surface area (TPSA) is 94.1 Å². The van der Waals surface area contributed by atoms with Gasteiger partial charge in [0.1, 0.15) is 5.82 Å². The summed E-state index contributed by atoms with van der Waals surface area (Å²) in [5.74, 6) is -1.65. The van der Waals surface area contributed by atoms with Crippen LogP contribution in [-0.4, -0.2) is 44.6 Å². The van der Waals surface area contributed by atoms with Crippen LogP contribution in [0.4, 0.5) is 18.9 Å². The van der Waals surface area contributed by atoms with Crippen molar-refractivity contribution in [1.82, 2.24) is 14.8 Å². The van der Waals surface area contributed by atoms with Crippen LogP contribution in [0.25, 0.3) is 0 Å². The molecule has 0 aliphatic carbocycles. The summed E-state index contributed by atoms with van der Waals surface area (Å²) in [6, 6.07) is 9.22. The summed E-state index contributed by atoms with van der Waals surface area (Å²) < 4.78 is 41.0. The average Bonchev–Trinajstić information content (AvgIpc) is 3.15. The molecule has 0 radical (unpaired) electrons. The van der Waals surface area contributed by atoms with Gasteiger partial charge in [0.05, 0.1) is 22.7 Å². The van der Waals surface area contributed by atoms with E-state index < -0.39 is 23.8 Å². The summed E-state index contributed by atoms with van der Waals surface area (Å²) in [6.07, 6.45) is -2.74. The van der Waals surface area contributed by atoms with Crippen LogP contribution in [-0.2, 0) is 12.7 Å². The molecule has 1 atom stereocenters. The van der Waals surface area contributed by atoms with Gasteiger partial charge >= 0.3 is 6.18 Å². The summed E-state index contributed by atoms with van der Waals surface area (Å²) in [7, 11) is 0. The van der Waals surface area contributed by atoms with Gasteiger partial charge in [0, 0.05) is 17.5 Å². The Morgan fingerprint density at radius 2 is 1.89 bits per heavy atom. The average molecular weight is 540 g/mol. The maximum Gasteiger partial charge on any atom is 0.451 e. The number of thioether (sulfide) groups is 1. The molecule has 0 saturated heterocycles. The first-order valence-electron chi connectivity index (χ1n) is 10.8. The van der Waals surface area contributed by atoms with Gasteiger partial charge in [-0.3, -0.25) is 9.59 Å². The second-order valence-electron chi connectivity index (χ2n) is 8.28. The fraction of sp³-hybridized carbons (Fsp3) is 0.333. The number of hydrogen-bond donors (Lipinski definition) is 1. The van der Waals surface area contributed by atoms with Crippen molar-refractivity contribution in [2.24, 2.45) is 5.73 Å². The van der Waals surface area contributed by atoms with Crippen molar-refractivity contribution < 1.29 is 22.8 Å². The second-order valence-corrected chi connectivity index (χ2v) is 9.60. The number of rotatable bonds is 8. The zero-order chi connectivity index (χ0) is 26.8. The highest BCUT2D eigenvalue weighted by molar-refractivity contribution is 7.98. The Balaban J connectivity index is 2.05. The number of primary amides is 1. The van der Waals surface area contributed by atoms with Gasteiger partial charge in [-0.1, -0.05) is 29.8 Å². The number of nitrogens with two attached hydrogens (primary N) is 1. The standard InChI is InChI=1S/C24H25ClF3N5O2S/c1-13-10-16(11-32-15(3)30-31-23(32)24(26,27)28)8-9-19(13)33(14(2)12-36-4)22(35)20-17(21(29)34)6-5-7-18(20)25/h5-10,14H,11-12H2,1-4H3,(H2,29,34)/t14-/m0/s1. The minimum Gasteiger partial charge on any atom is -0.366 e. The van der Waals surface area contributed by atoms with Crippen LogP contribution in [0.3, 0.4) is 0 Å². The minimum atomic E-state index is -4.64. The molecule has 0 unspecified atom stereocenters. The molecule has 192 valence electrons. The maximum atomic E-state index is 13.8. The molecule has 0 saturated carbocycles. The molecule has 1 aromatic heterocycles. The molecule has 2 amide bonds. The van der Waals surface area contributed by atoms with Crippen molar-refractivity contribution in [1.29, 1.82) is 0 Å². The normalized spacial score (nSPS) is 12.4. The molecule has 12 heteroatoms. The van der Waals surface area contributed by atoms with E-state index >= 15 is 0 Å². The number of amides is 2. The summed E-state index contributed by atoms with van der Waals surface area (Å²) >= 11 is 7.86. The number of alkyl halides is 3. The zero-order valence-corrected chi connectivity index (χ0v) is 21.6. The number of halogens is 4. The molecule has 0 aliphatic rings. The summed E-state index contributed by atoms with van der Waals surface area (Å²) in [5.41, 5.74) is 7.27. The van der Waals surface area contributed by atoms with Crippen LogP contribution < -0.4 is 10.6 Å². The molecule has 36 heavy (non-hydrogen) atoms. The van der Waals surface area contributed by atoms with Crippen molar-refractivity contribution in [3.8, 4) is 0 Å². The number of hydrogen-bond acceptors (Lipinski definition) is 5. The Labute approximate surface area is 215 Å². The lowest BCUT2D eigenvalue weighted by Gasteiger charge is -2.31. The van der Waals surface area contributed by atoms with E-state index in [-0.39, 0.29) is 34.6 Å². The molecule has 0 aliphatic heterocycles. The number of benzene rings is 2. The lowest BCUT2D eigenvalue weighted by molar-refractivity contribution is -0.147. The van der Waals surface area contributed by atoms with Gasteiger partial charge in [0.25, 0.3) is 5.91 Å². The highest BCUT2D eigenvalue weighted by atomic mass is 35.5. The maximum absolute atomic E-state index is 13.8. The summed E-state index contributed by atoms with van der Waals surface area (Å²) in [4.78, 5) is 27.3. The number of anilines is 1. The predicted octanol–water partition coefficient (Wildman–Crippen LogP) is 5.11. The Bertz CT molecular complexity index is 1300. The third-order valence-electron chi connectivity index (χ3n) is 5.61. The number of carbonyl (C=O) groups is 2. The first-order valence-corrected chi connectivity index (χ1v) is 12.6. The van der Waals surface area contributed by atoms with E-state index in [2.05, 4.69) is 10.2 Å². The number of aryl methyl sites for hydroxylation is 2. The van der Waals surface area contributed by atoms with Gasteiger partial charge in [0.15, 0.2) is 0 Å². The van der Waals surface area contributed by atoms with Gasteiger partial charge in [0.2, 0.25) is 11.7 Å². The highest BCUT2D eigenvalue weighted by Gasteiger charge is 2.38. The third kappa shape index (κ3) is 5.67. The largest absolute Gasteiger partial charge is 0.451 e. The number of carbonyl (C=O) groups excluding carboxylic acids is 2. The van der Waals surface area contributed by atoms with Crippen LogP contribution in [0.5, 0.6) is 0 Å². The van der Waals surface area contributed by atoms with Crippen LogP contribution in [0, 0.1) is 13.8 Å². The number of nitrogens with zero attached hydrogens (tertiary/aromatic N) is 4. The van der Waals surface area contributed by atoms with Gasteiger partial charge in [-0.2, -0.15) is 24.9 Å². The first-order chi connectivity index (χ1) is 16.9. The monoisotopic (exact) mass is 539 g/mol. The molecular weight excluding hydrogens is 515 g/mol. The number of aromatic nitrogens is 3. The molecule has 2 aromatic carbocycles. The van der Waals surface area contributed by atoms with E-state index in [4.69, 9.17) is 17.3 Å². The van der Waals surface area contributed by atoms with Crippen LogP contribution >= 0.6 is 23.4 Å². The molecule has 7 nitrogen and oxygen atoms in total. The molecule has 3 rings (SSSR count). The van der Waals surface area contributed by atoms with E-state index in [1.54, 1.807) is 25.1 Å². The van der Waals surface area contributed by atoms with E-state index in [1.807, 2.05) is 13.2 Å². The lowest BCUT2D eigenvalue weighted by atomic mass is 10.0. The van der Waals surface area contributed by atoms with Crippen LogP contribution in [0.15, 0.2) is 36.4 Å². The van der Waals surface area contributed by atoms with Crippen molar-refractivity contribution in [3.63, 3.8) is 0 Å². The van der Waals surface area contributed by atoms with Crippen molar-refractivity contribution in [2.45, 2.75) is 39.5 Å². The Hall–Kier alpha value is -3.05. The van der Waals surface area contributed by atoms with E-state index in [0.717, 1.165) is 4.57 Å². The quantitative estimate of drug-likeness (QED) is 0.429.